The van der Waals surface area contributed by atoms with Gasteiger partial charge in [-0.1, -0.05) is 12.1 Å². The minimum atomic E-state index is -0.924. The molecule has 0 atom stereocenters. The quantitative estimate of drug-likeness (QED) is 0.490. The first-order valence-corrected chi connectivity index (χ1v) is 2.12. The summed E-state index contributed by atoms with van der Waals surface area (Å²) < 4.78 is 23.8. The van der Waals surface area contributed by atoms with Gasteiger partial charge in [-0.25, -0.2) is 8.78 Å². The van der Waals surface area contributed by atoms with Crippen molar-refractivity contribution in [2.75, 3.05) is 0 Å². The second-order valence-electron chi connectivity index (χ2n) is 1.33. The van der Waals surface area contributed by atoms with Crippen LogP contribution >= 0.6 is 0 Å². The Bertz CT molecular complexity index is 167. The van der Waals surface area contributed by atoms with Crippen LogP contribution in [0.3, 0.4) is 0 Å². The van der Waals surface area contributed by atoms with Crippen molar-refractivity contribution < 1.29 is 8.78 Å². The van der Waals surface area contributed by atoms with E-state index in [-0.39, 0.29) is 51.4 Å². The van der Waals surface area contributed by atoms with Gasteiger partial charge in [0.25, 0.3) is 0 Å². The van der Waals surface area contributed by atoms with Crippen LogP contribution < -0.4 is 0 Å². The SMILES string of the molecule is Fc1[c]cccc1F.[KH]. The van der Waals surface area contributed by atoms with Crippen LogP contribution in [0.25, 0.3) is 0 Å². The van der Waals surface area contributed by atoms with E-state index in [1.807, 2.05) is 0 Å². The molecular weight excluding hydrogens is 149 g/mol. The van der Waals surface area contributed by atoms with E-state index >= 15 is 0 Å². The van der Waals surface area contributed by atoms with Crippen LogP contribution in [0.1, 0.15) is 0 Å². The van der Waals surface area contributed by atoms with Crippen LogP contribution in [0.5, 0.6) is 0 Å². The summed E-state index contributed by atoms with van der Waals surface area (Å²) in [5, 5.41) is 0. The Morgan fingerprint density at radius 3 is 2.33 bits per heavy atom. The first kappa shape index (κ1) is 9.72. The third-order valence-electron chi connectivity index (χ3n) is 0.759. The molecule has 0 bridgehead atoms. The van der Waals surface area contributed by atoms with Gasteiger partial charge in [-0.2, -0.15) is 0 Å². The van der Waals surface area contributed by atoms with Crippen LogP contribution in [0.15, 0.2) is 18.2 Å². The first-order chi connectivity index (χ1) is 3.80. The zero-order valence-corrected chi connectivity index (χ0v) is 3.99. The Kier molecular flexibility index (Phi) is 4.88. The third-order valence-corrected chi connectivity index (χ3v) is 0.759. The molecule has 0 amide bonds. The van der Waals surface area contributed by atoms with Gasteiger partial charge in [-0.15, -0.1) is 0 Å². The van der Waals surface area contributed by atoms with Crippen molar-refractivity contribution in [3.8, 4) is 0 Å². The summed E-state index contributed by atoms with van der Waals surface area (Å²) in [5.74, 6) is -1.78. The maximum atomic E-state index is 11.9. The first-order valence-electron chi connectivity index (χ1n) is 2.12. The van der Waals surface area contributed by atoms with Crippen molar-refractivity contribution in [3.05, 3.63) is 35.9 Å². The monoisotopic (exact) mass is 153 g/mol. The maximum absolute atomic E-state index is 11.9. The summed E-state index contributed by atoms with van der Waals surface area (Å²) in [4.78, 5) is 0. The molecule has 0 aliphatic heterocycles. The molecule has 0 unspecified atom stereocenters. The van der Waals surface area contributed by atoms with E-state index in [0.717, 1.165) is 6.07 Å². The topological polar surface area (TPSA) is 0 Å². The number of halogens is 2. The summed E-state index contributed by atoms with van der Waals surface area (Å²) in [5.41, 5.74) is 0. The second-order valence-corrected chi connectivity index (χ2v) is 1.33. The normalized spacial score (nSPS) is 8.22. The molecule has 43 valence electrons. The summed E-state index contributed by atoms with van der Waals surface area (Å²) in [6.45, 7) is 0. The molecule has 0 fully saturated rings. The van der Waals surface area contributed by atoms with E-state index in [2.05, 4.69) is 6.07 Å². The van der Waals surface area contributed by atoms with E-state index in [0.29, 0.717) is 0 Å². The number of rotatable bonds is 0. The Morgan fingerprint density at radius 1 is 1.33 bits per heavy atom. The summed E-state index contributed by atoms with van der Waals surface area (Å²) in [6.07, 6.45) is 0. The van der Waals surface area contributed by atoms with Crippen LogP contribution in [0, 0.1) is 17.7 Å². The molecule has 0 aromatic heterocycles. The minimum absolute atomic E-state index is 0. The predicted molar refractivity (Wildman–Crippen MR) is 32.3 cm³/mol. The number of hydrogen-bond donors (Lipinski definition) is 0. The fraction of sp³-hybridized carbons (Fsp3) is 0. The molecular formula is C6H4F2K. The molecule has 1 radical (unpaired) electrons. The van der Waals surface area contributed by atoms with Gasteiger partial charge < -0.3 is 0 Å². The van der Waals surface area contributed by atoms with Gasteiger partial charge in [0.05, 0.1) is 0 Å². The van der Waals surface area contributed by atoms with Crippen molar-refractivity contribution in [2.24, 2.45) is 0 Å². The number of benzene rings is 1. The average Bonchev–Trinajstić information content (AvgIpc) is 1.77. The molecule has 1 aromatic carbocycles. The second kappa shape index (κ2) is 4.52. The van der Waals surface area contributed by atoms with Crippen molar-refractivity contribution in [1.82, 2.24) is 0 Å². The van der Waals surface area contributed by atoms with Crippen molar-refractivity contribution in [3.63, 3.8) is 0 Å². The van der Waals surface area contributed by atoms with Crippen LogP contribution in [0.4, 0.5) is 8.78 Å². The van der Waals surface area contributed by atoms with Crippen molar-refractivity contribution in [2.45, 2.75) is 0 Å². The molecule has 0 aliphatic rings. The Labute approximate surface area is 94.7 Å². The van der Waals surface area contributed by atoms with Gasteiger partial charge in [0.1, 0.15) is 0 Å². The van der Waals surface area contributed by atoms with E-state index in [9.17, 15) is 8.78 Å². The van der Waals surface area contributed by atoms with Gasteiger partial charge in [-0.05, 0) is 6.07 Å². The van der Waals surface area contributed by atoms with Gasteiger partial charge >= 0.3 is 51.4 Å². The predicted octanol–water partition coefficient (Wildman–Crippen LogP) is 1.12. The molecule has 0 heterocycles. The van der Waals surface area contributed by atoms with E-state index < -0.39 is 11.6 Å². The summed E-state index contributed by atoms with van der Waals surface area (Å²) >= 11 is 0. The molecule has 0 nitrogen and oxygen atoms in total. The summed E-state index contributed by atoms with van der Waals surface area (Å²) in [7, 11) is 0. The molecule has 0 spiro atoms. The molecule has 9 heavy (non-hydrogen) atoms. The average molecular weight is 153 g/mol. The number of hydrogen-bond acceptors (Lipinski definition) is 0. The Balaban J connectivity index is 0.000000640. The van der Waals surface area contributed by atoms with Gasteiger partial charge in [0.15, 0.2) is 11.6 Å². The fourth-order valence-corrected chi connectivity index (χ4v) is 0.396. The van der Waals surface area contributed by atoms with Gasteiger partial charge in [0.2, 0.25) is 0 Å². The third kappa shape index (κ3) is 2.86. The van der Waals surface area contributed by atoms with Crippen LogP contribution in [-0.4, -0.2) is 51.4 Å². The van der Waals surface area contributed by atoms with Crippen molar-refractivity contribution >= 4 is 51.4 Å². The Hall–Kier alpha value is 0.716. The molecule has 3 heteroatoms. The van der Waals surface area contributed by atoms with Crippen LogP contribution in [-0.2, 0) is 0 Å². The van der Waals surface area contributed by atoms with Crippen molar-refractivity contribution in [1.29, 1.82) is 0 Å². The molecule has 0 N–H and O–H groups in total. The Morgan fingerprint density at radius 2 is 2.00 bits per heavy atom. The molecule has 0 saturated heterocycles. The van der Waals surface area contributed by atoms with E-state index in [1.54, 1.807) is 0 Å². The van der Waals surface area contributed by atoms with E-state index in [1.165, 1.54) is 12.1 Å². The molecule has 1 aromatic rings. The summed E-state index contributed by atoms with van der Waals surface area (Å²) in [6, 6.07) is 5.81. The molecule has 0 saturated carbocycles. The van der Waals surface area contributed by atoms with E-state index in [4.69, 9.17) is 0 Å². The zero-order valence-electron chi connectivity index (χ0n) is 3.99. The standard InChI is InChI=1S/C6H3F2.K.H/c7-5-3-1-2-4-6(5)8;;/h1-3H;;. The van der Waals surface area contributed by atoms with Gasteiger partial charge in [-0.3, -0.25) is 0 Å². The van der Waals surface area contributed by atoms with Crippen LogP contribution in [0.2, 0.25) is 0 Å². The molecule has 1 rings (SSSR count). The molecule has 0 aliphatic carbocycles. The van der Waals surface area contributed by atoms with Gasteiger partial charge in [0, 0.05) is 6.07 Å². The fourth-order valence-electron chi connectivity index (χ4n) is 0.396. The zero-order chi connectivity index (χ0) is 5.98.